The topological polar surface area (TPSA) is 49.5 Å². The molecule has 3 atom stereocenters. The van der Waals surface area contributed by atoms with Crippen molar-refractivity contribution >= 4 is 0 Å². The summed E-state index contributed by atoms with van der Waals surface area (Å²) in [5, 5.41) is 9.16. The predicted molar refractivity (Wildman–Crippen MR) is 54.5 cm³/mol. The van der Waals surface area contributed by atoms with Crippen LogP contribution in [0.3, 0.4) is 0 Å². The minimum atomic E-state index is 0.165. The standard InChI is InChI=1S/C10H22N2O/c1-8-4-3-5-12(9(8)2)10(6-11)7-13/h8-10,13H,3-7,11H2,1-2H3. The minimum Gasteiger partial charge on any atom is -0.395 e. The van der Waals surface area contributed by atoms with Gasteiger partial charge in [0.1, 0.15) is 0 Å². The summed E-state index contributed by atoms with van der Waals surface area (Å²) in [7, 11) is 0. The summed E-state index contributed by atoms with van der Waals surface area (Å²) >= 11 is 0. The summed E-state index contributed by atoms with van der Waals surface area (Å²) in [6.07, 6.45) is 2.54. The molecular weight excluding hydrogens is 164 g/mol. The molecule has 0 radical (unpaired) electrons. The third kappa shape index (κ3) is 2.42. The molecule has 3 N–H and O–H groups in total. The summed E-state index contributed by atoms with van der Waals surface area (Å²) in [5.41, 5.74) is 5.62. The van der Waals surface area contributed by atoms with Gasteiger partial charge in [-0.3, -0.25) is 4.90 Å². The van der Waals surface area contributed by atoms with Gasteiger partial charge >= 0.3 is 0 Å². The van der Waals surface area contributed by atoms with E-state index in [1.54, 1.807) is 0 Å². The van der Waals surface area contributed by atoms with E-state index in [0.29, 0.717) is 12.6 Å². The molecule has 1 fully saturated rings. The zero-order valence-corrected chi connectivity index (χ0v) is 8.74. The highest BCUT2D eigenvalue weighted by molar-refractivity contribution is 4.84. The zero-order valence-electron chi connectivity index (χ0n) is 8.74. The van der Waals surface area contributed by atoms with E-state index in [9.17, 15) is 0 Å². The van der Waals surface area contributed by atoms with Crippen molar-refractivity contribution in [2.24, 2.45) is 11.7 Å². The highest BCUT2D eigenvalue weighted by Crippen LogP contribution is 2.24. The van der Waals surface area contributed by atoms with Crippen LogP contribution in [0.1, 0.15) is 26.7 Å². The molecule has 13 heavy (non-hydrogen) atoms. The average molecular weight is 186 g/mol. The summed E-state index contributed by atoms with van der Waals surface area (Å²) < 4.78 is 0. The summed E-state index contributed by atoms with van der Waals surface area (Å²) in [4.78, 5) is 2.36. The Morgan fingerprint density at radius 2 is 2.23 bits per heavy atom. The molecule has 1 aliphatic heterocycles. The van der Waals surface area contributed by atoms with Gasteiger partial charge in [0.25, 0.3) is 0 Å². The second-order valence-corrected chi connectivity index (χ2v) is 4.17. The number of aliphatic hydroxyl groups is 1. The fraction of sp³-hybridized carbons (Fsp3) is 1.00. The smallest absolute Gasteiger partial charge is 0.0599 e. The first-order valence-electron chi connectivity index (χ1n) is 5.27. The Bertz CT molecular complexity index is 146. The molecule has 1 saturated heterocycles. The zero-order chi connectivity index (χ0) is 9.84. The molecule has 0 aromatic rings. The second kappa shape index (κ2) is 4.94. The molecule has 0 saturated carbocycles. The van der Waals surface area contributed by atoms with Crippen LogP contribution in [0.5, 0.6) is 0 Å². The van der Waals surface area contributed by atoms with Gasteiger partial charge in [-0.15, -0.1) is 0 Å². The van der Waals surface area contributed by atoms with Gasteiger partial charge in [-0.1, -0.05) is 6.92 Å². The molecule has 0 aliphatic carbocycles. The van der Waals surface area contributed by atoms with Crippen molar-refractivity contribution in [3.8, 4) is 0 Å². The number of aliphatic hydroxyl groups excluding tert-OH is 1. The lowest BCUT2D eigenvalue weighted by molar-refractivity contribution is 0.0423. The van der Waals surface area contributed by atoms with Crippen molar-refractivity contribution in [3.63, 3.8) is 0 Å². The van der Waals surface area contributed by atoms with Crippen LogP contribution in [0.4, 0.5) is 0 Å². The van der Waals surface area contributed by atoms with Crippen LogP contribution in [0.2, 0.25) is 0 Å². The molecule has 0 amide bonds. The third-order valence-electron chi connectivity index (χ3n) is 3.37. The van der Waals surface area contributed by atoms with Crippen molar-refractivity contribution in [1.82, 2.24) is 4.90 Å². The molecule has 1 heterocycles. The largest absolute Gasteiger partial charge is 0.395 e. The van der Waals surface area contributed by atoms with Gasteiger partial charge in [0.05, 0.1) is 6.61 Å². The molecule has 0 spiro atoms. The maximum Gasteiger partial charge on any atom is 0.0599 e. The van der Waals surface area contributed by atoms with Crippen LogP contribution in [-0.2, 0) is 0 Å². The average Bonchev–Trinajstić information content (AvgIpc) is 2.14. The number of piperidine rings is 1. The molecule has 78 valence electrons. The van der Waals surface area contributed by atoms with Gasteiger partial charge in [-0.2, -0.15) is 0 Å². The van der Waals surface area contributed by atoms with Gasteiger partial charge in [-0.05, 0) is 32.2 Å². The van der Waals surface area contributed by atoms with E-state index in [1.807, 2.05) is 0 Å². The van der Waals surface area contributed by atoms with E-state index in [4.69, 9.17) is 10.8 Å². The second-order valence-electron chi connectivity index (χ2n) is 4.17. The van der Waals surface area contributed by atoms with E-state index >= 15 is 0 Å². The Hall–Kier alpha value is -0.120. The summed E-state index contributed by atoms with van der Waals surface area (Å²) in [5.74, 6) is 0.731. The van der Waals surface area contributed by atoms with Crippen LogP contribution in [0.25, 0.3) is 0 Å². The van der Waals surface area contributed by atoms with Gasteiger partial charge < -0.3 is 10.8 Å². The SMILES string of the molecule is CC1CCCN(C(CN)CO)C1C. The predicted octanol–water partition coefficient (Wildman–Crippen LogP) is 0.426. The number of likely N-dealkylation sites (tertiary alicyclic amines) is 1. The van der Waals surface area contributed by atoms with Gasteiger partial charge in [0.15, 0.2) is 0 Å². The molecule has 3 unspecified atom stereocenters. The maximum absolute atomic E-state index is 9.16. The lowest BCUT2D eigenvalue weighted by Crippen LogP contribution is -2.52. The Morgan fingerprint density at radius 3 is 2.77 bits per heavy atom. The first-order chi connectivity index (χ1) is 6.20. The van der Waals surface area contributed by atoms with Crippen LogP contribution >= 0.6 is 0 Å². The fourth-order valence-electron chi connectivity index (χ4n) is 2.20. The first kappa shape index (κ1) is 11.0. The molecule has 1 aliphatic rings. The summed E-state index contributed by atoms with van der Waals surface area (Å²) in [6, 6.07) is 0.729. The van der Waals surface area contributed by atoms with Crippen molar-refractivity contribution in [2.45, 2.75) is 38.8 Å². The van der Waals surface area contributed by atoms with Gasteiger partial charge in [0, 0.05) is 18.6 Å². The molecule has 3 nitrogen and oxygen atoms in total. The number of hydrogen-bond donors (Lipinski definition) is 2. The van der Waals surface area contributed by atoms with Crippen molar-refractivity contribution < 1.29 is 5.11 Å². The Kier molecular flexibility index (Phi) is 4.16. The molecule has 3 heteroatoms. The normalized spacial score (nSPS) is 33.2. The third-order valence-corrected chi connectivity index (χ3v) is 3.37. The van der Waals surface area contributed by atoms with E-state index in [2.05, 4.69) is 18.7 Å². The Labute approximate surface area is 80.9 Å². The number of rotatable bonds is 3. The van der Waals surface area contributed by atoms with E-state index < -0.39 is 0 Å². The van der Waals surface area contributed by atoms with Crippen molar-refractivity contribution in [3.05, 3.63) is 0 Å². The quantitative estimate of drug-likeness (QED) is 0.672. The molecular formula is C10H22N2O. The Morgan fingerprint density at radius 1 is 1.54 bits per heavy atom. The molecule has 0 aromatic carbocycles. The summed E-state index contributed by atoms with van der Waals surface area (Å²) in [6.45, 7) is 6.36. The molecule has 0 bridgehead atoms. The highest BCUT2D eigenvalue weighted by Gasteiger charge is 2.28. The molecule has 0 aromatic heterocycles. The van der Waals surface area contributed by atoms with Crippen LogP contribution in [0.15, 0.2) is 0 Å². The van der Waals surface area contributed by atoms with Crippen LogP contribution in [0, 0.1) is 5.92 Å². The van der Waals surface area contributed by atoms with Crippen molar-refractivity contribution in [2.75, 3.05) is 19.7 Å². The fourth-order valence-corrected chi connectivity index (χ4v) is 2.20. The maximum atomic E-state index is 9.16. The lowest BCUT2D eigenvalue weighted by Gasteiger charge is -2.42. The van der Waals surface area contributed by atoms with E-state index in [1.165, 1.54) is 12.8 Å². The van der Waals surface area contributed by atoms with E-state index in [0.717, 1.165) is 12.5 Å². The van der Waals surface area contributed by atoms with Crippen LogP contribution < -0.4 is 5.73 Å². The van der Waals surface area contributed by atoms with E-state index in [-0.39, 0.29) is 12.6 Å². The number of hydrogen-bond acceptors (Lipinski definition) is 3. The van der Waals surface area contributed by atoms with Gasteiger partial charge in [-0.25, -0.2) is 0 Å². The minimum absolute atomic E-state index is 0.165. The highest BCUT2D eigenvalue weighted by atomic mass is 16.3. The lowest BCUT2D eigenvalue weighted by atomic mass is 9.91. The first-order valence-corrected chi connectivity index (χ1v) is 5.27. The Balaban J connectivity index is 2.55. The number of nitrogens with zero attached hydrogens (tertiary/aromatic N) is 1. The van der Waals surface area contributed by atoms with Crippen molar-refractivity contribution in [1.29, 1.82) is 0 Å². The van der Waals surface area contributed by atoms with Crippen LogP contribution in [-0.4, -0.2) is 41.8 Å². The monoisotopic (exact) mass is 186 g/mol. The molecule has 1 rings (SSSR count). The van der Waals surface area contributed by atoms with Gasteiger partial charge in [0.2, 0.25) is 0 Å². The number of nitrogens with two attached hydrogens (primary N) is 1.